The molecule has 3 nitrogen and oxygen atoms in total. The Morgan fingerprint density at radius 3 is 2.44 bits per heavy atom. The first kappa shape index (κ1) is 13.3. The Kier molecular flexibility index (Phi) is 5.06. The molecule has 0 aliphatic rings. The fraction of sp³-hybridized carbons (Fsp3) is 0.200. The molecule has 1 amide bonds. The normalized spacial score (nSPS) is 9.94. The van der Waals surface area contributed by atoms with Crippen molar-refractivity contribution in [3.8, 4) is 0 Å². The topological polar surface area (TPSA) is 46.2 Å². The Hall–Kier alpha value is -0.770. The van der Waals surface area contributed by atoms with Crippen LogP contribution in [-0.2, 0) is 9.59 Å². The molecule has 1 rings (SSSR count). The molecule has 6 heteroatoms. The minimum Gasteiger partial charge on any atom is -0.326 e. The van der Waals surface area contributed by atoms with Crippen molar-refractivity contribution in [1.29, 1.82) is 0 Å². The lowest BCUT2D eigenvalue weighted by Gasteiger charge is -2.05. The number of hydrogen-bond donors (Lipinski definition) is 1. The van der Waals surface area contributed by atoms with Crippen LogP contribution < -0.4 is 5.32 Å². The first-order valence-electron chi connectivity index (χ1n) is 4.35. The molecule has 0 aliphatic carbocycles. The maximum absolute atomic E-state index is 11.3. The predicted molar refractivity (Wildman–Crippen MR) is 65.4 cm³/mol. The highest BCUT2D eigenvalue weighted by Crippen LogP contribution is 2.24. The summed E-state index contributed by atoms with van der Waals surface area (Å²) in [5.74, 6) is -0.933. The van der Waals surface area contributed by atoms with Gasteiger partial charge in [0.05, 0.1) is 22.3 Å². The molecule has 0 aromatic heterocycles. The number of alkyl halides is 1. The van der Waals surface area contributed by atoms with E-state index in [0.717, 1.165) is 0 Å². The number of rotatable bonds is 4. The third kappa shape index (κ3) is 4.00. The van der Waals surface area contributed by atoms with Gasteiger partial charge >= 0.3 is 0 Å². The van der Waals surface area contributed by atoms with Gasteiger partial charge in [-0.05, 0) is 18.2 Å². The van der Waals surface area contributed by atoms with Crippen LogP contribution in [0.1, 0.15) is 6.42 Å². The van der Waals surface area contributed by atoms with E-state index in [2.05, 4.69) is 5.32 Å². The van der Waals surface area contributed by atoms with Gasteiger partial charge in [-0.25, -0.2) is 0 Å². The molecule has 0 radical (unpaired) electrons. The van der Waals surface area contributed by atoms with Crippen LogP contribution in [-0.4, -0.2) is 17.6 Å². The summed E-state index contributed by atoms with van der Waals surface area (Å²) in [6.45, 7) is 0. The Morgan fingerprint density at radius 2 is 1.88 bits per heavy atom. The summed E-state index contributed by atoms with van der Waals surface area (Å²) in [4.78, 5) is 22.2. The van der Waals surface area contributed by atoms with Crippen LogP contribution in [0.3, 0.4) is 0 Å². The van der Waals surface area contributed by atoms with Crippen molar-refractivity contribution in [3.63, 3.8) is 0 Å². The lowest BCUT2D eigenvalue weighted by molar-refractivity contribution is -0.124. The van der Waals surface area contributed by atoms with E-state index in [0.29, 0.717) is 15.7 Å². The van der Waals surface area contributed by atoms with Gasteiger partial charge in [0.1, 0.15) is 0 Å². The van der Waals surface area contributed by atoms with Crippen LogP contribution in [0.15, 0.2) is 18.2 Å². The molecule has 1 aromatic carbocycles. The van der Waals surface area contributed by atoms with Gasteiger partial charge in [-0.3, -0.25) is 9.59 Å². The number of anilines is 1. The smallest absolute Gasteiger partial charge is 0.231 e. The minimum atomic E-state index is -0.427. The number of amides is 1. The molecular formula is C10H8Cl3NO2. The second-order valence-electron chi connectivity index (χ2n) is 3.03. The summed E-state index contributed by atoms with van der Waals surface area (Å²) in [7, 11) is 0. The number of benzene rings is 1. The van der Waals surface area contributed by atoms with Crippen molar-refractivity contribution >= 4 is 52.2 Å². The molecule has 0 aliphatic heterocycles. The van der Waals surface area contributed by atoms with E-state index in [9.17, 15) is 9.59 Å². The molecule has 0 saturated carbocycles. The maximum atomic E-state index is 11.3. The van der Waals surface area contributed by atoms with Crippen LogP contribution in [0.4, 0.5) is 5.69 Å². The number of hydrogen-bond acceptors (Lipinski definition) is 2. The quantitative estimate of drug-likeness (QED) is 0.680. The van der Waals surface area contributed by atoms with Crippen molar-refractivity contribution in [2.45, 2.75) is 6.42 Å². The molecule has 16 heavy (non-hydrogen) atoms. The molecule has 1 aromatic rings. The lowest BCUT2D eigenvalue weighted by atomic mass is 10.2. The average Bonchev–Trinajstić information content (AvgIpc) is 2.23. The minimum absolute atomic E-state index is 0.172. The summed E-state index contributed by atoms with van der Waals surface area (Å²) in [5, 5.41) is 3.25. The van der Waals surface area contributed by atoms with Crippen LogP contribution in [0.25, 0.3) is 0 Å². The van der Waals surface area contributed by atoms with Crippen molar-refractivity contribution in [3.05, 3.63) is 28.2 Å². The summed E-state index contributed by atoms with van der Waals surface area (Å²) >= 11 is 16.7. The van der Waals surface area contributed by atoms with E-state index >= 15 is 0 Å². The second kappa shape index (κ2) is 6.09. The van der Waals surface area contributed by atoms with Gasteiger partial charge in [-0.15, -0.1) is 11.6 Å². The molecule has 0 unspecified atom stereocenters. The highest BCUT2D eigenvalue weighted by Gasteiger charge is 2.09. The number of carbonyl (C=O) groups is 2. The molecule has 0 spiro atoms. The lowest BCUT2D eigenvalue weighted by Crippen LogP contribution is -2.16. The van der Waals surface area contributed by atoms with Gasteiger partial charge in [0.2, 0.25) is 5.91 Å². The highest BCUT2D eigenvalue weighted by atomic mass is 35.5. The molecule has 0 fully saturated rings. The van der Waals surface area contributed by atoms with Gasteiger partial charge in [0.25, 0.3) is 0 Å². The van der Waals surface area contributed by atoms with E-state index < -0.39 is 5.91 Å². The van der Waals surface area contributed by atoms with Gasteiger partial charge in [-0.1, -0.05) is 23.2 Å². The largest absolute Gasteiger partial charge is 0.326 e. The van der Waals surface area contributed by atoms with E-state index in [1.807, 2.05) is 0 Å². The molecule has 0 bridgehead atoms. The van der Waals surface area contributed by atoms with Crippen molar-refractivity contribution in [2.24, 2.45) is 0 Å². The first-order valence-corrected chi connectivity index (χ1v) is 5.64. The molecular weight excluding hydrogens is 272 g/mol. The van der Waals surface area contributed by atoms with Gasteiger partial charge in [0, 0.05) is 5.69 Å². The highest BCUT2D eigenvalue weighted by molar-refractivity contribution is 6.42. The van der Waals surface area contributed by atoms with Gasteiger partial charge in [0.15, 0.2) is 5.78 Å². The summed E-state index contributed by atoms with van der Waals surface area (Å²) in [6.07, 6.45) is -0.246. The molecule has 1 N–H and O–H groups in total. The van der Waals surface area contributed by atoms with Crippen LogP contribution in [0.5, 0.6) is 0 Å². The van der Waals surface area contributed by atoms with Gasteiger partial charge in [-0.2, -0.15) is 0 Å². The Morgan fingerprint density at radius 1 is 1.19 bits per heavy atom. The third-order valence-corrected chi connectivity index (χ3v) is 2.75. The molecule has 0 atom stereocenters. The third-order valence-electron chi connectivity index (χ3n) is 1.71. The second-order valence-corrected chi connectivity index (χ2v) is 4.11. The fourth-order valence-electron chi connectivity index (χ4n) is 1.01. The van der Waals surface area contributed by atoms with E-state index in [-0.39, 0.29) is 18.1 Å². The summed E-state index contributed by atoms with van der Waals surface area (Å²) in [5.41, 5.74) is 0.488. The fourth-order valence-corrected chi connectivity index (χ4v) is 1.40. The van der Waals surface area contributed by atoms with Gasteiger partial charge < -0.3 is 5.32 Å². The SMILES string of the molecule is O=C(CCl)CC(=O)Nc1ccc(Cl)c(Cl)c1. The van der Waals surface area contributed by atoms with Crippen LogP contribution >= 0.6 is 34.8 Å². The maximum Gasteiger partial charge on any atom is 0.231 e. The average molecular weight is 281 g/mol. The molecule has 0 heterocycles. The van der Waals surface area contributed by atoms with E-state index in [4.69, 9.17) is 34.8 Å². The zero-order valence-electron chi connectivity index (χ0n) is 8.10. The van der Waals surface area contributed by atoms with Crippen molar-refractivity contribution in [1.82, 2.24) is 0 Å². The zero-order valence-corrected chi connectivity index (χ0v) is 10.4. The number of halogens is 3. The summed E-state index contributed by atoms with van der Waals surface area (Å²) in [6, 6.07) is 4.66. The Labute approximate surface area is 108 Å². The Bertz CT molecular complexity index is 421. The van der Waals surface area contributed by atoms with Crippen molar-refractivity contribution in [2.75, 3.05) is 11.2 Å². The van der Waals surface area contributed by atoms with E-state index in [1.54, 1.807) is 12.1 Å². The zero-order chi connectivity index (χ0) is 12.1. The number of carbonyl (C=O) groups excluding carboxylic acids is 2. The molecule has 86 valence electrons. The number of nitrogens with one attached hydrogen (secondary N) is 1. The van der Waals surface area contributed by atoms with E-state index in [1.165, 1.54) is 6.07 Å². The number of Topliss-reactive ketones (excluding diaryl/α,β-unsaturated/α-hetero) is 1. The summed E-state index contributed by atoms with van der Waals surface area (Å²) < 4.78 is 0. The predicted octanol–water partition coefficient (Wildman–Crippen LogP) is 3.13. The first-order chi connectivity index (χ1) is 7.52. The Balaban J connectivity index is 2.63. The van der Waals surface area contributed by atoms with Crippen LogP contribution in [0, 0.1) is 0 Å². The van der Waals surface area contributed by atoms with Crippen molar-refractivity contribution < 1.29 is 9.59 Å². The van der Waals surface area contributed by atoms with Crippen LogP contribution in [0.2, 0.25) is 10.0 Å². The standard InChI is InChI=1S/C10H8Cl3NO2/c11-5-7(15)4-10(16)14-6-1-2-8(12)9(13)3-6/h1-3H,4-5H2,(H,14,16). The monoisotopic (exact) mass is 279 g/mol. The number of ketones is 1. The molecule has 0 saturated heterocycles.